The fraction of sp³-hybridized carbons (Fsp3) is 0.389. The minimum atomic E-state index is -3.65. The van der Waals surface area contributed by atoms with Crippen molar-refractivity contribution in [1.82, 2.24) is 9.29 Å². The second-order valence-electron chi connectivity index (χ2n) is 6.82. The number of aromatic nitrogens is 1. The quantitative estimate of drug-likeness (QED) is 0.771. The van der Waals surface area contributed by atoms with E-state index in [1.54, 1.807) is 0 Å². The number of rotatable bonds is 5. The number of hydrogen-bond acceptors (Lipinski definition) is 6. The molecule has 1 aliphatic heterocycles. The highest BCUT2D eigenvalue weighted by atomic mass is 32.2. The second-order valence-corrected chi connectivity index (χ2v) is 9.84. The van der Waals surface area contributed by atoms with Gasteiger partial charge in [0.05, 0.1) is 17.1 Å². The molecule has 9 heteroatoms. The number of Topliss-reactive ketones (excluding diaryl/α,β-unsaturated/α-hetero) is 1. The van der Waals surface area contributed by atoms with E-state index in [1.165, 1.54) is 46.8 Å². The molecule has 0 saturated heterocycles. The molecule has 27 heavy (non-hydrogen) atoms. The predicted molar refractivity (Wildman–Crippen MR) is 101 cm³/mol. The third-order valence-electron chi connectivity index (χ3n) is 4.77. The normalized spacial score (nSPS) is 17.4. The number of nitrogens with one attached hydrogen (secondary N) is 1. The lowest BCUT2D eigenvalue weighted by Crippen LogP contribution is -2.35. The summed E-state index contributed by atoms with van der Waals surface area (Å²) in [5.74, 6) is -0.0103. The highest BCUT2D eigenvalue weighted by Crippen LogP contribution is 2.34. The molecule has 1 N–H and O–H groups in total. The molecule has 0 radical (unpaired) electrons. The molecule has 1 saturated carbocycles. The average Bonchev–Trinajstić information content (AvgIpc) is 3.42. The fourth-order valence-electron chi connectivity index (χ4n) is 2.99. The van der Waals surface area contributed by atoms with E-state index in [0.29, 0.717) is 23.7 Å². The number of thiazole rings is 1. The zero-order chi connectivity index (χ0) is 19.2. The van der Waals surface area contributed by atoms with E-state index in [1.807, 2.05) is 0 Å². The van der Waals surface area contributed by atoms with E-state index in [4.69, 9.17) is 0 Å². The number of amides is 1. The average molecular weight is 406 g/mol. The van der Waals surface area contributed by atoms with Gasteiger partial charge < -0.3 is 5.32 Å². The lowest BCUT2D eigenvalue weighted by Gasteiger charge is -2.25. The Morgan fingerprint density at radius 3 is 2.56 bits per heavy atom. The first-order valence-electron chi connectivity index (χ1n) is 8.75. The third-order valence-corrected chi connectivity index (χ3v) is 7.63. The molecule has 2 heterocycles. The Morgan fingerprint density at radius 2 is 1.93 bits per heavy atom. The number of anilines is 1. The summed E-state index contributed by atoms with van der Waals surface area (Å²) in [7, 11) is -3.65. The van der Waals surface area contributed by atoms with Crippen molar-refractivity contribution < 1.29 is 18.0 Å². The smallest absolute Gasteiger partial charge is 0.243 e. The molecular weight excluding hydrogens is 386 g/mol. The number of sulfonamides is 1. The number of hydrogen-bond donors (Lipinski definition) is 1. The maximum atomic E-state index is 12.9. The van der Waals surface area contributed by atoms with Crippen molar-refractivity contribution in [3.63, 3.8) is 0 Å². The molecule has 0 spiro atoms. The van der Waals surface area contributed by atoms with Crippen molar-refractivity contribution in [3.8, 4) is 0 Å². The molecule has 2 aliphatic rings. The molecule has 4 rings (SSSR count). The summed E-state index contributed by atoms with van der Waals surface area (Å²) < 4.78 is 27.3. The van der Waals surface area contributed by atoms with Crippen LogP contribution < -0.4 is 5.32 Å². The van der Waals surface area contributed by atoms with Crippen LogP contribution in [0.4, 0.5) is 5.13 Å². The van der Waals surface area contributed by atoms with Crippen molar-refractivity contribution in [1.29, 1.82) is 0 Å². The second kappa shape index (κ2) is 6.81. The fourth-order valence-corrected chi connectivity index (χ4v) is 5.51. The van der Waals surface area contributed by atoms with Gasteiger partial charge in [0, 0.05) is 29.3 Å². The van der Waals surface area contributed by atoms with Gasteiger partial charge in [0.15, 0.2) is 10.9 Å². The van der Waals surface area contributed by atoms with Crippen LogP contribution in [0.25, 0.3) is 0 Å². The van der Waals surface area contributed by atoms with Crippen molar-refractivity contribution in [2.75, 3.05) is 11.9 Å². The van der Waals surface area contributed by atoms with Crippen LogP contribution in [0, 0.1) is 5.92 Å². The van der Waals surface area contributed by atoms with Gasteiger partial charge >= 0.3 is 0 Å². The van der Waals surface area contributed by atoms with Crippen LogP contribution in [0.3, 0.4) is 0 Å². The van der Waals surface area contributed by atoms with Crippen molar-refractivity contribution in [2.45, 2.75) is 37.6 Å². The molecule has 1 aliphatic carbocycles. The van der Waals surface area contributed by atoms with Gasteiger partial charge in [-0.05, 0) is 31.9 Å². The monoisotopic (exact) mass is 405 g/mol. The largest absolute Gasteiger partial charge is 0.302 e. The number of benzene rings is 1. The minimum Gasteiger partial charge on any atom is -0.302 e. The summed E-state index contributed by atoms with van der Waals surface area (Å²) in [6, 6.07) is 6.00. The van der Waals surface area contributed by atoms with Gasteiger partial charge in [-0.15, -0.1) is 11.3 Å². The Hall–Kier alpha value is -2.10. The van der Waals surface area contributed by atoms with Gasteiger partial charge in [-0.2, -0.15) is 4.31 Å². The molecule has 1 amide bonds. The molecule has 0 unspecified atom stereocenters. The number of carbonyl (C=O) groups excluding carboxylic acids is 2. The van der Waals surface area contributed by atoms with Crippen molar-refractivity contribution in [2.24, 2.45) is 5.92 Å². The lowest BCUT2D eigenvalue weighted by molar-refractivity contribution is -0.117. The molecule has 1 aromatic carbocycles. The Kier molecular flexibility index (Phi) is 4.61. The predicted octanol–water partition coefficient (Wildman–Crippen LogP) is 2.44. The third kappa shape index (κ3) is 3.67. The van der Waals surface area contributed by atoms with Gasteiger partial charge in [-0.25, -0.2) is 13.4 Å². The first-order valence-corrected chi connectivity index (χ1v) is 11.0. The standard InChI is InChI=1S/C18H19N3O4S2/c1-11(22)12-4-6-14(7-5-12)27(24,25)21-9-8-15-16(10-21)26-18(19-15)20-17(23)13-2-3-13/h4-7,13H,2-3,8-10H2,1H3,(H,19,20,23). The first kappa shape index (κ1) is 18.3. The SMILES string of the molecule is CC(=O)c1ccc(S(=O)(=O)N2CCc3nc(NC(=O)C4CC4)sc3C2)cc1. The first-order chi connectivity index (χ1) is 12.8. The van der Waals surface area contributed by atoms with E-state index in [9.17, 15) is 18.0 Å². The summed E-state index contributed by atoms with van der Waals surface area (Å²) in [5.41, 5.74) is 1.33. The van der Waals surface area contributed by atoms with Crippen LogP contribution in [0.15, 0.2) is 29.2 Å². The summed E-state index contributed by atoms with van der Waals surface area (Å²) in [4.78, 5) is 28.7. The molecular formula is C18H19N3O4S2. The highest BCUT2D eigenvalue weighted by molar-refractivity contribution is 7.89. The summed E-state index contributed by atoms with van der Waals surface area (Å²) in [6.07, 6.45) is 2.35. The van der Waals surface area contributed by atoms with E-state index in [-0.39, 0.29) is 29.0 Å². The van der Waals surface area contributed by atoms with Crippen LogP contribution in [0.2, 0.25) is 0 Å². The Labute approximate surface area is 161 Å². The van der Waals surface area contributed by atoms with E-state index in [0.717, 1.165) is 23.4 Å². The van der Waals surface area contributed by atoms with Gasteiger partial charge in [0.25, 0.3) is 0 Å². The number of carbonyl (C=O) groups is 2. The van der Waals surface area contributed by atoms with Crippen molar-refractivity contribution in [3.05, 3.63) is 40.4 Å². The van der Waals surface area contributed by atoms with Gasteiger partial charge in [0.1, 0.15) is 0 Å². The maximum absolute atomic E-state index is 12.9. The molecule has 0 atom stereocenters. The van der Waals surface area contributed by atoms with Crippen LogP contribution in [0.1, 0.15) is 40.7 Å². The maximum Gasteiger partial charge on any atom is 0.243 e. The van der Waals surface area contributed by atoms with Gasteiger partial charge in [-0.3, -0.25) is 9.59 Å². The molecule has 1 aromatic heterocycles. The molecule has 2 aromatic rings. The molecule has 1 fully saturated rings. The van der Waals surface area contributed by atoms with Gasteiger partial charge in [0.2, 0.25) is 15.9 Å². The van der Waals surface area contributed by atoms with E-state index >= 15 is 0 Å². The summed E-state index contributed by atoms with van der Waals surface area (Å²) in [6.45, 7) is 2.02. The number of fused-ring (bicyclic) bond motifs is 1. The summed E-state index contributed by atoms with van der Waals surface area (Å²) in [5, 5.41) is 3.38. The highest BCUT2D eigenvalue weighted by Gasteiger charge is 2.33. The zero-order valence-electron chi connectivity index (χ0n) is 14.8. The Balaban J connectivity index is 1.51. The lowest BCUT2D eigenvalue weighted by atomic mass is 10.2. The number of nitrogens with zero attached hydrogens (tertiary/aromatic N) is 2. The van der Waals surface area contributed by atoms with Crippen LogP contribution in [-0.2, 0) is 27.8 Å². The Bertz CT molecular complexity index is 1010. The zero-order valence-corrected chi connectivity index (χ0v) is 16.4. The Morgan fingerprint density at radius 1 is 1.22 bits per heavy atom. The van der Waals surface area contributed by atoms with Crippen molar-refractivity contribution >= 4 is 38.2 Å². The minimum absolute atomic E-state index is 0.00358. The van der Waals surface area contributed by atoms with E-state index < -0.39 is 10.0 Å². The number of ketones is 1. The topological polar surface area (TPSA) is 96.4 Å². The van der Waals surface area contributed by atoms with Crippen LogP contribution in [0.5, 0.6) is 0 Å². The molecule has 7 nitrogen and oxygen atoms in total. The van der Waals surface area contributed by atoms with Crippen LogP contribution >= 0.6 is 11.3 Å². The van der Waals surface area contributed by atoms with Crippen LogP contribution in [-0.4, -0.2) is 35.9 Å². The van der Waals surface area contributed by atoms with Gasteiger partial charge in [-0.1, -0.05) is 12.1 Å². The molecule has 0 bridgehead atoms. The molecule has 142 valence electrons. The summed E-state index contributed by atoms with van der Waals surface area (Å²) >= 11 is 1.34. The van der Waals surface area contributed by atoms with E-state index in [2.05, 4.69) is 10.3 Å².